The summed E-state index contributed by atoms with van der Waals surface area (Å²) in [5.74, 6) is 1.42. The molecular formula is C19H18BrN3O3S. The molecule has 3 aromatic rings. The SMILES string of the molecule is CN(CCOc1ccc(Br)cc1)C(=O)CSc1nnc(-c2ccccc2)o1. The van der Waals surface area contributed by atoms with Crippen molar-refractivity contribution in [1.82, 2.24) is 15.1 Å². The van der Waals surface area contributed by atoms with E-state index in [1.807, 2.05) is 54.6 Å². The summed E-state index contributed by atoms with van der Waals surface area (Å²) < 4.78 is 12.2. The second-order valence-corrected chi connectivity index (χ2v) is 7.49. The fraction of sp³-hybridized carbons (Fsp3) is 0.211. The molecule has 0 saturated carbocycles. The van der Waals surface area contributed by atoms with Gasteiger partial charge in [-0.2, -0.15) is 0 Å². The standard InChI is InChI=1S/C19H18BrN3O3S/c1-23(11-12-25-16-9-7-15(20)8-10-16)17(24)13-27-19-22-21-18(26-19)14-5-3-2-4-6-14/h2-10H,11-13H2,1H3. The van der Waals surface area contributed by atoms with Gasteiger partial charge in [-0.25, -0.2) is 0 Å². The molecule has 1 heterocycles. The van der Waals surface area contributed by atoms with Crippen LogP contribution in [0.15, 0.2) is 68.7 Å². The van der Waals surface area contributed by atoms with E-state index in [1.165, 1.54) is 11.8 Å². The molecule has 0 unspecified atom stereocenters. The van der Waals surface area contributed by atoms with E-state index in [9.17, 15) is 4.79 Å². The zero-order chi connectivity index (χ0) is 19.1. The lowest BCUT2D eigenvalue weighted by molar-refractivity contribution is -0.127. The highest BCUT2D eigenvalue weighted by Gasteiger charge is 2.13. The quantitative estimate of drug-likeness (QED) is 0.483. The normalized spacial score (nSPS) is 10.6. The van der Waals surface area contributed by atoms with Crippen LogP contribution in [-0.2, 0) is 4.79 Å². The Hall–Kier alpha value is -2.32. The molecule has 1 aromatic heterocycles. The topological polar surface area (TPSA) is 68.5 Å². The summed E-state index contributed by atoms with van der Waals surface area (Å²) in [5.41, 5.74) is 0.852. The summed E-state index contributed by atoms with van der Waals surface area (Å²) in [7, 11) is 1.75. The van der Waals surface area contributed by atoms with Crippen LogP contribution in [0.1, 0.15) is 0 Å². The van der Waals surface area contributed by atoms with E-state index >= 15 is 0 Å². The van der Waals surface area contributed by atoms with Crippen molar-refractivity contribution < 1.29 is 13.9 Å². The predicted molar refractivity (Wildman–Crippen MR) is 108 cm³/mol. The third-order valence-electron chi connectivity index (χ3n) is 3.68. The molecule has 8 heteroatoms. The van der Waals surface area contributed by atoms with Gasteiger partial charge in [0.2, 0.25) is 11.8 Å². The molecule has 0 fully saturated rings. The van der Waals surface area contributed by atoms with Crippen LogP contribution in [0.25, 0.3) is 11.5 Å². The minimum atomic E-state index is -0.0288. The lowest BCUT2D eigenvalue weighted by atomic mass is 10.2. The first-order valence-corrected chi connectivity index (χ1v) is 10.0. The molecule has 0 saturated heterocycles. The highest BCUT2D eigenvalue weighted by Crippen LogP contribution is 2.23. The Balaban J connectivity index is 1.42. The molecule has 0 bridgehead atoms. The number of amides is 1. The van der Waals surface area contributed by atoms with Crippen molar-refractivity contribution in [2.24, 2.45) is 0 Å². The maximum absolute atomic E-state index is 12.2. The number of nitrogens with zero attached hydrogens (tertiary/aromatic N) is 3. The number of benzene rings is 2. The summed E-state index contributed by atoms with van der Waals surface area (Å²) in [6, 6.07) is 17.1. The van der Waals surface area contributed by atoms with E-state index in [2.05, 4.69) is 26.1 Å². The van der Waals surface area contributed by atoms with E-state index < -0.39 is 0 Å². The lowest BCUT2D eigenvalue weighted by Gasteiger charge is -2.16. The molecule has 0 aliphatic heterocycles. The molecule has 27 heavy (non-hydrogen) atoms. The van der Waals surface area contributed by atoms with E-state index in [0.29, 0.717) is 24.3 Å². The van der Waals surface area contributed by atoms with Gasteiger partial charge in [-0.15, -0.1) is 10.2 Å². The van der Waals surface area contributed by atoms with Gasteiger partial charge in [0, 0.05) is 17.1 Å². The summed E-state index contributed by atoms with van der Waals surface area (Å²) in [6.07, 6.45) is 0. The number of ether oxygens (including phenoxy) is 1. The van der Waals surface area contributed by atoms with Gasteiger partial charge < -0.3 is 14.1 Å². The third kappa shape index (κ3) is 5.83. The Morgan fingerprint density at radius 1 is 1.15 bits per heavy atom. The Morgan fingerprint density at radius 3 is 2.63 bits per heavy atom. The van der Waals surface area contributed by atoms with Gasteiger partial charge in [-0.1, -0.05) is 45.9 Å². The molecule has 0 aliphatic rings. The van der Waals surface area contributed by atoms with Gasteiger partial charge in [-0.05, 0) is 36.4 Å². The van der Waals surface area contributed by atoms with Gasteiger partial charge in [0.25, 0.3) is 5.22 Å². The highest BCUT2D eigenvalue weighted by atomic mass is 79.9. The van der Waals surface area contributed by atoms with Crippen molar-refractivity contribution in [3.05, 3.63) is 59.1 Å². The Bertz CT molecular complexity index is 871. The summed E-state index contributed by atoms with van der Waals surface area (Å²) in [5, 5.41) is 8.37. The molecule has 0 radical (unpaired) electrons. The van der Waals surface area contributed by atoms with Crippen molar-refractivity contribution in [3.8, 4) is 17.2 Å². The summed E-state index contributed by atoms with van der Waals surface area (Å²) in [6.45, 7) is 0.918. The first-order chi connectivity index (χ1) is 13.1. The molecule has 1 amide bonds. The fourth-order valence-corrected chi connectivity index (χ4v) is 3.12. The molecule has 2 aromatic carbocycles. The fourth-order valence-electron chi connectivity index (χ4n) is 2.16. The first kappa shape index (κ1) is 19.4. The van der Waals surface area contributed by atoms with E-state index in [0.717, 1.165) is 15.8 Å². The van der Waals surface area contributed by atoms with Crippen molar-refractivity contribution in [2.45, 2.75) is 5.22 Å². The average molecular weight is 448 g/mol. The van der Waals surface area contributed by atoms with Crippen LogP contribution < -0.4 is 4.74 Å². The number of rotatable bonds is 8. The van der Waals surface area contributed by atoms with Gasteiger partial charge in [0.15, 0.2) is 0 Å². The minimum Gasteiger partial charge on any atom is -0.492 e. The van der Waals surface area contributed by atoms with Crippen molar-refractivity contribution in [3.63, 3.8) is 0 Å². The number of carbonyl (C=O) groups is 1. The number of thioether (sulfide) groups is 1. The average Bonchev–Trinajstić information content (AvgIpc) is 3.17. The van der Waals surface area contributed by atoms with Crippen molar-refractivity contribution >= 4 is 33.6 Å². The molecular weight excluding hydrogens is 430 g/mol. The van der Waals surface area contributed by atoms with Gasteiger partial charge >= 0.3 is 0 Å². The van der Waals surface area contributed by atoms with Gasteiger partial charge in [0.1, 0.15) is 12.4 Å². The first-order valence-electron chi connectivity index (χ1n) is 8.26. The number of halogens is 1. The molecule has 0 spiro atoms. The van der Waals surface area contributed by atoms with Crippen molar-refractivity contribution in [2.75, 3.05) is 26.0 Å². The number of aromatic nitrogens is 2. The Labute approximate surface area is 170 Å². The van der Waals surface area contributed by atoms with E-state index in [1.54, 1.807) is 11.9 Å². The molecule has 0 N–H and O–H groups in total. The zero-order valence-corrected chi connectivity index (χ0v) is 17.1. The van der Waals surface area contributed by atoms with Gasteiger partial charge in [0.05, 0.1) is 12.3 Å². The van der Waals surface area contributed by atoms with Crippen LogP contribution >= 0.6 is 27.7 Å². The minimum absolute atomic E-state index is 0.0288. The zero-order valence-electron chi connectivity index (χ0n) is 14.7. The smallest absolute Gasteiger partial charge is 0.277 e. The largest absolute Gasteiger partial charge is 0.492 e. The number of carbonyl (C=O) groups excluding carboxylic acids is 1. The van der Waals surface area contributed by atoms with Crippen LogP contribution in [0.5, 0.6) is 5.75 Å². The van der Waals surface area contributed by atoms with Crippen LogP contribution in [0.3, 0.4) is 0 Å². The van der Waals surface area contributed by atoms with E-state index in [4.69, 9.17) is 9.15 Å². The number of likely N-dealkylation sites (N-methyl/N-ethyl adjacent to an activating group) is 1. The van der Waals surface area contributed by atoms with E-state index in [-0.39, 0.29) is 11.7 Å². The molecule has 0 atom stereocenters. The third-order valence-corrected chi connectivity index (χ3v) is 5.01. The monoisotopic (exact) mass is 447 g/mol. The summed E-state index contributed by atoms with van der Waals surface area (Å²) >= 11 is 4.61. The van der Waals surface area contributed by atoms with Crippen LogP contribution in [0.2, 0.25) is 0 Å². The summed E-state index contributed by atoms with van der Waals surface area (Å²) in [4.78, 5) is 13.9. The predicted octanol–water partition coefficient (Wildman–Crippen LogP) is 4.13. The molecule has 3 rings (SSSR count). The second kappa shape index (κ2) is 9.57. The molecule has 6 nitrogen and oxygen atoms in total. The van der Waals surface area contributed by atoms with Crippen LogP contribution in [0.4, 0.5) is 0 Å². The second-order valence-electron chi connectivity index (χ2n) is 5.65. The van der Waals surface area contributed by atoms with Crippen LogP contribution in [-0.4, -0.2) is 47.0 Å². The van der Waals surface area contributed by atoms with Crippen molar-refractivity contribution in [1.29, 1.82) is 0 Å². The Kier molecular flexibility index (Phi) is 6.89. The molecule has 140 valence electrons. The van der Waals surface area contributed by atoms with Crippen LogP contribution in [0, 0.1) is 0 Å². The Morgan fingerprint density at radius 2 is 1.89 bits per heavy atom. The van der Waals surface area contributed by atoms with Gasteiger partial charge in [-0.3, -0.25) is 4.79 Å². The maximum Gasteiger partial charge on any atom is 0.277 e. The number of hydrogen-bond acceptors (Lipinski definition) is 6. The number of hydrogen-bond donors (Lipinski definition) is 0. The lowest BCUT2D eigenvalue weighted by Crippen LogP contribution is -2.32. The maximum atomic E-state index is 12.2. The highest BCUT2D eigenvalue weighted by molar-refractivity contribution is 9.10. The molecule has 0 aliphatic carbocycles.